The Morgan fingerprint density at radius 2 is 1.55 bits per heavy atom. The molecule has 1 unspecified atom stereocenters. The first kappa shape index (κ1) is 17.5. The third kappa shape index (κ3) is 7.88. The number of primary amides is 1. The molecule has 1 heterocycles. The van der Waals surface area contributed by atoms with Crippen molar-refractivity contribution in [2.45, 2.75) is 77.6 Å². The van der Waals surface area contributed by atoms with Gasteiger partial charge in [-0.2, -0.15) is 0 Å². The molecule has 1 fully saturated rings. The number of likely N-dealkylation sites (tertiary alicyclic amines) is 1. The predicted molar refractivity (Wildman–Crippen MR) is 85.6 cm³/mol. The van der Waals surface area contributed by atoms with E-state index in [0.717, 1.165) is 26.1 Å². The zero-order chi connectivity index (χ0) is 14.6. The Morgan fingerprint density at radius 1 is 1.00 bits per heavy atom. The summed E-state index contributed by atoms with van der Waals surface area (Å²) in [6.07, 6.45) is 14.8. The molecule has 118 valence electrons. The Kier molecular flexibility index (Phi) is 9.73. The second-order valence-electron chi connectivity index (χ2n) is 6.37. The first-order chi connectivity index (χ1) is 9.74. The van der Waals surface area contributed by atoms with Gasteiger partial charge in [-0.1, -0.05) is 64.7 Å². The number of carbonyl (C=O) groups is 1. The molecule has 20 heavy (non-hydrogen) atoms. The van der Waals surface area contributed by atoms with Crippen LogP contribution in [0.3, 0.4) is 0 Å². The number of rotatable bonds is 12. The monoisotopic (exact) mass is 282 g/mol. The highest BCUT2D eigenvalue weighted by Gasteiger charge is 2.25. The number of nitrogens with zero attached hydrogens (tertiary/aromatic N) is 1. The Hall–Kier alpha value is -0.570. The highest BCUT2D eigenvalue weighted by molar-refractivity contribution is 5.77. The SMILES string of the molecule is CCCCCCCCCCCCN1CCC(C(N)=O)C1. The molecule has 1 rings (SSSR count). The molecule has 0 spiro atoms. The van der Waals surface area contributed by atoms with Gasteiger partial charge in [0.1, 0.15) is 0 Å². The van der Waals surface area contributed by atoms with Crippen LogP contribution in [0.1, 0.15) is 77.6 Å². The Balaban J connectivity index is 1.82. The van der Waals surface area contributed by atoms with E-state index < -0.39 is 0 Å². The summed E-state index contributed by atoms with van der Waals surface area (Å²) >= 11 is 0. The summed E-state index contributed by atoms with van der Waals surface area (Å²) in [5.41, 5.74) is 5.35. The van der Waals surface area contributed by atoms with Gasteiger partial charge in [0.2, 0.25) is 5.91 Å². The van der Waals surface area contributed by atoms with E-state index in [1.165, 1.54) is 64.2 Å². The molecule has 0 aromatic carbocycles. The summed E-state index contributed by atoms with van der Waals surface area (Å²) in [7, 11) is 0. The van der Waals surface area contributed by atoms with Crippen LogP contribution in [0.4, 0.5) is 0 Å². The van der Waals surface area contributed by atoms with Gasteiger partial charge in [-0.15, -0.1) is 0 Å². The number of hydrogen-bond donors (Lipinski definition) is 1. The van der Waals surface area contributed by atoms with Crippen molar-refractivity contribution in [3.05, 3.63) is 0 Å². The topological polar surface area (TPSA) is 46.3 Å². The average molecular weight is 282 g/mol. The third-order valence-corrected chi connectivity index (χ3v) is 4.50. The minimum Gasteiger partial charge on any atom is -0.369 e. The van der Waals surface area contributed by atoms with E-state index in [4.69, 9.17) is 5.73 Å². The Morgan fingerprint density at radius 3 is 2.05 bits per heavy atom. The summed E-state index contributed by atoms with van der Waals surface area (Å²) in [4.78, 5) is 13.5. The standard InChI is InChI=1S/C17H34N2O/c1-2-3-4-5-6-7-8-9-10-11-13-19-14-12-16(15-19)17(18)20/h16H,2-15H2,1H3,(H2,18,20). The van der Waals surface area contributed by atoms with Gasteiger partial charge in [-0.25, -0.2) is 0 Å². The first-order valence-corrected chi connectivity index (χ1v) is 8.75. The van der Waals surface area contributed by atoms with Gasteiger partial charge in [-0.05, 0) is 25.9 Å². The van der Waals surface area contributed by atoms with Crippen molar-refractivity contribution in [3.63, 3.8) is 0 Å². The second kappa shape index (κ2) is 11.1. The largest absolute Gasteiger partial charge is 0.369 e. The molecule has 1 atom stereocenters. The van der Waals surface area contributed by atoms with Crippen molar-refractivity contribution in [2.75, 3.05) is 19.6 Å². The molecule has 0 aromatic rings. The van der Waals surface area contributed by atoms with Crippen molar-refractivity contribution in [1.82, 2.24) is 4.90 Å². The zero-order valence-corrected chi connectivity index (χ0v) is 13.4. The van der Waals surface area contributed by atoms with Gasteiger partial charge in [0.15, 0.2) is 0 Å². The fraction of sp³-hybridized carbons (Fsp3) is 0.941. The van der Waals surface area contributed by atoms with Crippen LogP contribution in [0, 0.1) is 5.92 Å². The summed E-state index contributed by atoms with van der Waals surface area (Å²) < 4.78 is 0. The number of nitrogens with two attached hydrogens (primary N) is 1. The highest BCUT2D eigenvalue weighted by atomic mass is 16.1. The van der Waals surface area contributed by atoms with Crippen LogP contribution in [0.2, 0.25) is 0 Å². The van der Waals surface area contributed by atoms with Gasteiger partial charge in [0, 0.05) is 6.54 Å². The molecule has 3 nitrogen and oxygen atoms in total. The van der Waals surface area contributed by atoms with Crippen molar-refractivity contribution >= 4 is 5.91 Å². The third-order valence-electron chi connectivity index (χ3n) is 4.50. The number of carbonyl (C=O) groups excluding carboxylic acids is 1. The summed E-state index contributed by atoms with van der Waals surface area (Å²) in [6, 6.07) is 0. The fourth-order valence-electron chi connectivity index (χ4n) is 3.09. The quantitative estimate of drug-likeness (QED) is 0.555. The van der Waals surface area contributed by atoms with Crippen molar-refractivity contribution in [2.24, 2.45) is 11.7 Å². The lowest BCUT2D eigenvalue weighted by Crippen LogP contribution is -2.27. The van der Waals surface area contributed by atoms with E-state index in [9.17, 15) is 4.79 Å². The molecular weight excluding hydrogens is 248 g/mol. The molecule has 0 aromatic heterocycles. The van der Waals surface area contributed by atoms with E-state index in [2.05, 4.69) is 11.8 Å². The average Bonchev–Trinajstić information content (AvgIpc) is 2.90. The van der Waals surface area contributed by atoms with Crippen LogP contribution in [0.5, 0.6) is 0 Å². The number of amides is 1. The van der Waals surface area contributed by atoms with Crippen LogP contribution in [-0.2, 0) is 4.79 Å². The summed E-state index contributed by atoms with van der Waals surface area (Å²) in [5.74, 6) is -0.00584. The molecule has 0 aliphatic carbocycles. The maximum atomic E-state index is 11.1. The maximum absolute atomic E-state index is 11.1. The van der Waals surface area contributed by atoms with Crippen LogP contribution in [-0.4, -0.2) is 30.4 Å². The lowest BCUT2D eigenvalue weighted by Gasteiger charge is -2.14. The van der Waals surface area contributed by atoms with E-state index >= 15 is 0 Å². The van der Waals surface area contributed by atoms with Crippen molar-refractivity contribution in [1.29, 1.82) is 0 Å². The van der Waals surface area contributed by atoms with E-state index in [-0.39, 0.29) is 11.8 Å². The Labute approximate surface area is 125 Å². The van der Waals surface area contributed by atoms with Gasteiger partial charge in [0.25, 0.3) is 0 Å². The normalized spacial score (nSPS) is 19.6. The fourth-order valence-corrected chi connectivity index (χ4v) is 3.09. The molecule has 1 saturated heterocycles. The molecule has 3 heteroatoms. The zero-order valence-electron chi connectivity index (χ0n) is 13.4. The highest BCUT2D eigenvalue weighted by Crippen LogP contribution is 2.17. The Bertz CT molecular complexity index is 255. The number of hydrogen-bond acceptors (Lipinski definition) is 2. The summed E-state index contributed by atoms with van der Waals surface area (Å²) in [6.45, 7) is 5.38. The number of unbranched alkanes of at least 4 members (excludes halogenated alkanes) is 9. The van der Waals surface area contributed by atoms with Gasteiger partial charge in [0.05, 0.1) is 5.92 Å². The van der Waals surface area contributed by atoms with Crippen molar-refractivity contribution in [3.8, 4) is 0 Å². The minimum atomic E-state index is -0.115. The van der Waals surface area contributed by atoms with E-state index in [1.807, 2.05) is 0 Å². The van der Waals surface area contributed by atoms with Gasteiger partial charge >= 0.3 is 0 Å². The lowest BCUT2D eigenvalue weighted by atomic mass is 10.1. The minimum absolute atomic E-state index is 0.109. The maximum Gasteiger partial charge on any atom is 0.221 e. The van der Waals surface area contributed by atoms with E-state index in [0.29, 0.717) is 0 Å². The molecule has 2 N–H and O–H groups in total. The van der Waals surface area contributed by atoms with Crippen LogP contribution in [0.25, 0.3) is 0 Å². The molecule has 1 amide bonds. The molecular formula is C17H34N2O. The van der Waals surface area contributed by atoms with Crippen LogP contribution < -0.4 is 5.73 Å². The molecule has 1 aliphatic rings. The second-order valence-corrected chi connectivity index (χ2v) is 6.37. The molecule has 0 bridgehead atoms. The molecule has 0 radical (unpaired) electrons. The molecule has 0 saturated carbocycles. The van der Waals surface area contributed by atoms with Gasteiger partial charge in [-0.3, -0.25) is 4.79 Å². The summed E-state index contributed by atoms with van der Waals surface area (Å²) in [5, 5.41) is 0. The lowest BCUT2D eigenvalue weighted by molar-refractivity contribution is -0.121. The van der Waals surface area contributed by atoms with Crippen LogP contribution >= 0.6 is 0 Å². The van der Waals surface area contributed by atoms with Crippen LogP contribution in [0.15, 0.2) is 0 Å². The first-order valence-electron chi connectivity index (χ1n) is 8.75. The smallest absolute Gasteiger partial charge is 0.221 e. The van der Waals surface area contributed by atoms with Crippen molar-refractivity contribution < 1.29 is 4.79 Å². The van der Waals surface area contributed by atoms with E-state index in [1.54, 1.807) is 0 Å². The predicted octanol–water partition coefficient (Wildman–Crippen LogP) is 3.71. The van der Waals surface area contributed by atoms with Gasteiger partial charge < -0.3 is 10.6 Å². The molecule has 1 aliphatic heterocycles.